The number of anilines is 1. The molecule has 3 N–H and O–H groups in total. The van der Waals surface area contributed by atoms with Gasteiger partial charge in [-0.05, 0) is 66.9 Å². The molecule has 0 atom stereocenters. The fourth-order valence-corrected chi connectivity index (χ4v) is 3.28. The minimum atomic E-state index is -3.66. The second-order valence-corrected chi connectivity index (χ2v) is 8.56. The van der Waals surface area contributed by atoms with E-state index in [-0.39, 0.29) is 6.61 Å². The van der Waals surface area contributed by atoms with E-state index in [4.69, 9.17) is 10.5 Å². The van der Waals surface area contributed by atoms with Gasteiger partial charge >= 0.3 is 0 Å². The first kappa shape index (κ1) is 22.9. The molecule has 0 aromatic heterocycles. The Bertz CT molecular complexity index is 1050. The zero-order chi connectivity index (χ0) is 22.3. The van der Waals surface area contributed by atoms with Crippen molar-refractivity contribution in [2.75, 3.05) is 23.7 Å². The van der Waals surface area contributed by atoms with Gasteiger partial charge in [-0.2, -0.15) is 5.10 Å². The highest BCUT2D eigenvalue weighted by Crippen LogP contribution is 2.21. The van der Waals surface area contributed by atoms with Gasteiger partial charge in [-0.25, -0.2) is 13.8 Å². The largest absolute Gasteiger partial charge is 0.484 e. The zero-order valence-electron chi connectivity index (χ0n) is 17.0. The highest BCUT2D eigenvalue weighted by atomic mass is 32.2. The molecule has 0 aliphatic heterocycles. The molecule has 0 aliphatic rings. The van der Waals surface area contributed by atoms with E-state index in [1.807, 2.05) is 13.8 Å². The second kappa shape index (κ2) is 9.88. The molecular formula is C20H24N4O5S. The van der Waals surface area contributed by atoms with E-state index in [9.17, 15) is 18.0 Å². The Kier molecular flexibility index (Phi) is 7.54. The molecular weight excluding hydrogens is 408 g/mol. The third kappa shape index (κ3) is 6.89. The molecule has 2 aromatic rings. The lowest BCUT2D eigenvalue weighted by Gasteiger charge is -2.22. The molecule has 10 heteroatoms. The van der Waals surface area contributed by atoms with E-state index < -0.39 is 28.4 Å². The lowest BCUT2D eigenvalue weighted by molar-refractivity contribution is -0.120. The maximum absolute atomic E-state index is 12.2. The molecule has 0 fully saturated rings. The van der Waals surface area contributed by atoms with Crippen molar-refractivity contribution in [2.24, 2.45) is 10.8 Å². The van der Waals surface area contributed by atoms with Crippen LogP contribution >= 0.6 is 0 Å². The Labute approximate surface area is 175 Å². The summed E-state index contributed by atoms with van der Waals surface area (Å²) in [6.45, 7) is 3.16. The lowest BCUT2D eigenvalue weighted by atomic mass is 10.1. The van der Waals surface area contributed by atoms with Gasteiger partial charge in [-0.15, -0.1) is 0 Å². The first-order chi connectivity index (χ1) is 14.1. The Balaban J connectivity index is 2.00. The minimum Gasteiger partial charge on any atom is -0.484 e. The van der Waals surface area contributed by atoms with E-state index in [1.54, 1.807) is 42.5 Å². The monoisotopic (exact) mass is 432 g/mol. The number of nitrogens with two attached hydrogens (primary N) is 1. The quantitative estimate of drug-likeness (QED) is 0.452. The number of nitrogens with one attached hydrogen (secondary N) is 1. The number of carbonyl (C=O) groups is 2. The number of primary amides is 1. The van der Waals surface area contributed by atoms with Crippen molar-refractivity contribution < 1.29 is 22.7 Å². The van der Waals surface area contributed by atoms with Gasteiger partial charge in [-0.3, -0.25) is 13.9 Å². The fourth-order valence-electron chi connectivity index (χ4n) is 2.43. The Morgan fingerprint density at radius 2 is 1.80 bits per heavy atom. The van der Waals surface area contributed by atoms with Gasteiger partial charge < -0.3 is 10.5 Å². The van der Waals surface area contributed by atoms with Crippen LogP contribution in [-0.4, -0.2) is 45.9 Å². The number of hydrazone groups is 1. The highest BCUT2D eigenvalue weighted by Gasteiger charge is 2.21. The number of carbonyl (C=O) groups excluding carboxylic acids is 2. The van der Waals surface area contributed by atoms with Crippen molar-refractivity contribution in [3.05, 3.63) is 59.2 Å². The standard InChI is InChI=1S/C20H24N4O5S/c1-14-4-7-17(10-15(14)2)24(30(3,27)28)12-20(26)23-22-11-16-5-8-18(9-6-16)29-13-19(21)25/h4-11H,12-13H2,1-3H3,(H2,21,25)(H,23,26)/b22-11+. The molecule has 0 unspecified atom stereocenters. The highest BCUT2D eigenvalue weighted by molar-refractivity contribution is 7.92. The summed E-state index contributed by atoms with van der Waals surface area (Å²) < 4.78 is 30.5. The van der Waals surface area contributed by atoms with Gasteiger partial charge in [0.2, 0.25) is 10.0 Å². The Hall–Kier alpha value is -3.40. The first-order valence-electron chi connectivity index (χ1n) is 8.94. The second-order valence-electron chi connectivity index (χ2n) is 6.66. The molecule has 9 nitrogen and oxygen atoms in total. The number of sulfonamides is 1. The van der Waals surface area contributed by atoms with Crippen LogP contribution in [0.3, 0.4) is 0 Å². The van der Waals surface area contributed by atoms with E-state index in [0.29, 0.717) is 17.0 Å². The summed E-state index contributed by atoms with van der Waals surface area (Å²) in [6, 6.07) is 11.8. The molecule has 0 bridgehead atoms. The molecule has 0 aliphatic carbocycles. The predicted molar refractivity (Wildman–Crippen MR) is 115 cm³/mol. The molecule has 0 saturated heterocycles. The average molecular weight is 433 g/mol. The number of hydrogen-bond donors (Lipinski definition) is 2. The van der Waals surface area contributed by atoms with E-state index in [0.717, 1.165) is 21.7 Å². The van der Waals surface area contributed by atoms with Crippen molar-refractivity contribution in [3.63, 3.8) is 0 Å². The van der Waals surface area contributed by atoms with Crippen LogP contribution in [0.1, 0.15) is 16.7 Å². The van der Waals surface area contributed by atoms with Gasteiger partial charge in [0.15, 0.2) is 6.61 Å². The maximum atomic E-state index is 12.2. The van der Waals surface area contributed by atoms with Crippen molar-refractivity contribution in [2.45, 2.75) is 13.8 Å². The summed E-state index contributed by atoms with van der Waals surface area (Å²) in [7, 11) is -3.66. The van der Waals surface area contributed by atoms with Crippen molar-refractivity contribution in [1.29, 1.82) is 0 Å². The number of amides is 2. The third-order valence-electron chi connectivity index (χ3n) is 4.13. The number of nitrogens with zero attached hydrogens (tertiary/aromatic N) is 2. The summed E-state index contributed by atoms with van der Waals surface area (Å²) in [5.74, 6) is -0.698. The van der Waals surface area contributed by atoms with E-state index >= 15 is 0 Å². The first-order valence-corrected chi connectivity index (χ1v) is 10.8. The smallest absolute Gasteiger partial charge is 0.260 e. The average Bonchev–Trinajstić information content (AvgIpc) is 2.67. The molecule has 160 valence electrons. The van der Waals surface area contributed by atoms with Gasteiger partial charge in [-0.1, -0.05) is 6.07 Å². The number of benzene rings is 2. The fraction of sp³-hybridized carbons (Fsp3) is 0.250. The summed E-state index contributed by atoms with van der Waals surface area (Å²) in [5, 5.41) is 3.84. The molecule has 2 rings (SSSR count). The van der Waals surface area contributed by atoms with Crippen LogP contribution in [0.15, 0.2) is 47.6 Å². The molecule has 0 heterocycles. The van der Waals surface area contributed by atoms with E-state index in [1.165, 1.54) is 6.21 Å². The molecule has 0 radical (unpaired) electrons. The summed E-state index contributed by atoms with van der Waals surface area (Å²) in [4.78, 5) is 22.9. The van der Waals surface area contributed by atoms with Gasteiger partial charge in [0.05, 0.1) is 18.2 Å². The molecule has 30 heavy (non-hydrogen) atoms. The number of hydrogen-bond acceptors (Lipinski definition) is 6. The van der Waals surface area contributed by atoms with Crippen LogP contribution in [-0.2, 0) is 19.6 Å². The topological polar surface area (TPSA) is 131 Å². The van der Waals surface area contributed by atoms with Crippen molar-refractivity contribution >= 4 is 33.7 Å². The molecule has 2 aromatic carbocycles. The van der Waals surface area contributed by atoms with Gasteiger partial charge in [0.1, 0.15) is 12.3 Å². The summed E-state index contributed by atoms with van der Waals surface area (Å²) in [6.07, 6.45) is 2.44. The lowest BCUT2D eigenvalue weighted by Crippen LogP contribution is -2.39. The van der Waals surface area contributed by atoms with Crippen LogP contribution < -0.4 is 20.2 Å². The van der Waals surface area contributed by atoms with E-state index in [2.05, 4.69) is 10.5 Å². The van der Waals surface area contributed by atoms with Crippen LogP contribution in [0.4, 0.5) is 5.69 Å². The number of aryl methyl sites for hydroxylation is 2. The molecule has 2 amide bonds. The molecule has 0 spiro atoms. The van der Waals surface area contributed by atoms with Crippen molar-refractivity contribution in [3.8, 4) is 5.75 Å². The number of rotatable bonds is 9. The normalized spacial score (nSPS) is 11.3. The Morgan fingerprint density at radius 1 is 1.13 bits per heavy atom. The zero-order valence-corrected chi connectivity index (χ0v) is 17.8. The Morgan fingerprint density at radius 3 is 2.37 bits per heavy atom. The minimum absolute atomic E-state index is 0.221. The van der Waals surface area contributed by atoms with Crippen LogP contribution in [0, 0.1) is 13.8 Å². The van der Waals surface area contributed by atoms with Gasteiger partial charge in [0, 0.05) is 0 Å². The van der Waals surface area contributed by atoms with Crippen molar-refractivity contribution in [1.82, 2.24) is 5.43 Å². The molecule has 0 saturated carbocycles. The maximum Gasteiger partial charge on any atom is 0.260 e. The number of ether oxygens (including phenoxy) is 1. The SMILES string of the molecule is Cc1ccc(N(CC(=O)N/N=C/c2ccc(OCC(N)=O)cc2)S(C)(=O)=O)cc1C. The van der Waals surface area contributed by atoms with Gasteiger partial charge in [0.25, 0.3) is 11.8 Å². The van der Waals surface area contributed by atoms with Crippen LogP contribution in [0.2, 0.25) is 0 Å². The van der Waals surface area contributed by atoms with Crippen LogP contribution in [0.5, 0.6) is 5.75 Å². The summed E-state index contributed by atoms with van der Waals surface area (Å²) in [5.41, 5.74) is 10.3. The third-order valence-corrected chi connectivity index (χ3v) is 5.27. The summed E-state index contributed by atoms with van der Waals surface area (Å²) >= 11 is 0. The van der Waals surface area contributed by atoms with Crippen LogP contribution in [0.25, 0.3) is 0 Å². The predicted octanol–water partition coefficient (Wildman–Crippen LogP) is 1.08.